The first-order valence-corrected chi connectivity index (χ1v) is 5.57. The van der Waals surface area contributed by atoms with Gasteiger partial charge < -0.3 is 15.7 Å². The van der Waals surface area contributed by atoms with Crippen LogP contribution in [0.2, 0.25) is 0 Å². The van der Waals surface area contributed by atoms with Gasteiger partial charge in [0.15, 0.2) is 0 Å². The lowest BCUT2D eigenvalue weighted by atomic mass is 9.82. The lowest BCUT2D eigenvalue weighted by Gasteiger charge is -2.34. The van der Waals surface area contributed by atoms with E-state index in [1.54, 1.807) is 11.9 Å². The maximum Gasteiger partial charge on any atom is 0.273 e. The van der Waals surface area contributed by atoms with Gasteiger partial charge in [-0.2, -0.15) is 0 Å². The molecule has 17 heavy (non-hydrogen) atoms. The number of anilines is 1. The smallest absolute Gasteiger partial charge is 0.273 e. The number of nitrogens with two attached hydrogens (primary N) is 1. The van der Waals surface area contributed by atoms with Crippen LogP contribution in [0.25, 0.3) is 0 Å². The molecule has 0 aliphatic heterocycles. The minimum atomic E-state index is -0.195. The van der Waals surface area contributed by atoms with Crippen LogP contribution in [0.4, 0.5) is 5.82 Å². The van der Waals surface area contributed by atoms with E-state index in [1.807, 2.05) is 0 Å². The molecule has 0 saturated heterocycles. The number of rotatable bonds is 3. The average molecular weight is 236 g/mol. The second-order valence-electron chi connectivity index (χ2n) is 4.50. The quantitative estimate of drug-likeness (QED) is 0.764. The first-order valence-electron chi connectivity index (χ1n) is 5.57. The Balaban J connectivity index is 1.92. The average Bonchev–Trinajstić information content (AvgIpc) is 2.27. The Morgan fingerprint density at radius 3 is 2.76 bits per heavy atom. The van der Waals surface area contributed by atoms with Crippen molar-refractivity contribution in [2.75, 3.05) is 19.3 Å². The molecule has 3 N–H and O–H groups in total. The highest BCUT2D eigenvalue weighted by atomic mass is 16.3. The van der Waals surface area contributed by atoms with E-state index in [0.717, 1.165) is 12.8 Å². The summed E-state index contributed by atoms with van der Waals surface area (Å²) in [6.45, 7) is 0.641. The molecule has 0 aromatic carbocycles. The van der Waals surface area contributed by atoms with Crippen LogP contribution in [-0.4, -0.2) is 45.6 Å². The second-order valence-corrected chi connectivity index (χ2v) is 4.50. The van der Waals surface area contributed by atoms with Crippen molar-refractivity contribution in [3.05, 3.63) is 18.1 Å². The highest BCUT2D eigenvalue weighted by molar-refractivity contribution is 5.91. The summed E-state index contributed by atoms with van der Waals surface area (Å²) >= 11 is 0. The molecule has 1 saturated carbocycles. The molecule has 1 amide bonds. The lowest BCUT2D eigenvalue weighted by Crippen LogP contribution is -2.39. The predicted octanol–water partition coefficient (Wildman–Crippen LogP) is -0.0983. The molecule has 6 heteroatoms. The number of aliphatic hydroxyl groups is 1. The Bertz CT molecular complexity index is 400. The number of hydrogen-bond acceptors (Lipinski definition) is 5. The van der Waals surface area contributed by atoms with Crippen molar-refractivity contribution >= 4 is 11.7 Å². The van der Waals surface area contributed by atoms with Crippen molar-refractivity contribution in [1.82, 2.24) is 14.9 Å². The van der Waals surface area contributed by atoms with E-state index >= 15 is 0 Å². The van der Waals surface area contributed by atoms with Gasteiger partial charge in [-0.15, -0.1) is 0 Å². The van der Waals surface area contributed by atoms with Gasteiger partial charge >= 0.3 is 0 Å². The number of nitrogen functional groups attached to an aromatic ring is 1. The number of carbonyl (C=O) groups excluding carboxylic acids is 1. The third-order valence-electron chi connectivity index (χ3n) is 2.98. The number of amides is 1. The van der Waals surface area contributed by atoms with E-state index in [4.69, 9.17) is 5.73 Å². The van der Waals surface area contributed by atoms with Gasteiger partial charge in [0.05, 0.1) is 18.5 Å². The summed E-state index contributed by atoms with van der Waals surface area (Å²) in [7, 11) is 1.73. The molecule has 1 aliphatic rings. The Morgan fingerprint density at radius 1 is 1.53 bits per heavy atom. The molecule has 0 spiro atoms. The molecule has 92 valence electrons. The van der Waals surface area contributed by atoms with Gasteiger partial charge in [-0.25, -0.2) is 9.97 Å². The Hall–Kier alpha value is -1.69. The number of carbonyl (C=O) groups is 1. The zero-order valence-electron chi connectivity index (χ0n) is 9.71. The van der Waals surface area contributed by atoms with Crippen LogP contribution in [0.3, 0.4) is 0 Å². The van der Waals surface area contributed by atoms with E-state index in [0.29, 0.717) is 24.0 Å². The maximum absolute atomic E-state index is 11.9. The summed E-state index contributed by atoms with van der Waals surface area (Å²) < 4.78 is 0. The van der Waals surface area contributed by atoms with E-state index in [1.165, 1.54) is 12.4 Å². The van der Waals surface area contributed by atoms with E-state index in [9.17, 15) is 9.90 Å². The van der Waals surface area contributed by atoms with Crippen molar-refractivity contribution in [1.29, 1.82) is 0 Å². The highest BCUT2D eigenvalue weighted by Gasteiger charge is 2.29. The molecule has 0 unspecified atom stereocenters. The Labute approximate surface area is 99.5 Å². The molecule has 0 atom stereocenters. The fraction of sp³-hybridized carbons (Fsp3) is 0.545. The molecule has 1 aromatic rings. The van der Waals surface area contributed by atoms with Crippen LogP contribution in [0.15, 0.2) is 12.4 Å². The molecule has 1 aromatic heterocycles. The van der Waals surface area contributed by atoms with Gasteiger partial charge in [-0.3, -0.25) is 4.79 Å². The molecular formula is C11H16N4O2. The van der Waals surface area contributed by atoms with Gasteiger partial charge in [0, 0.05) is 13.6 Å². The van der Waals surface area contributed by atoms with Crippen molar-refractivity contribution in [2.45, 2.75) is 18.9 Å². The van der Waals surface area contributed by atoms with E-state index in [2.05, 4.69) is 9.97 Å². The van der Waals surface area contributed by atoms with E-state index in [-0.39, 0.29) is 12.0 Å². The zero-order valence-corrected chi connectivity index (χ0v) is 9.71. The molecule has 1 fully saturated rings. The van der Waals surface area contributed by atoms with E-state index < -0.39 is 0 Å². The van der Waals surface area contributed by atoms with Crippen LogP contribution in [0.1, 0.15) is 23.3 Å². The monoisotopic (exact) mass is 236 g/mol. The first-order chi connectivity index (χ1) is 8.06. The molecule has 0 bridgehead atoms. The molecule has 0 radical (unpaired) electrons. The number of aliphatic hydroxyl groups excluding tert-OH is 1. The summed E-state index contributed by atoms with van der Waals surface area (Å²) in [5.41, 5.74) is 5.70. The third kappa shape index (κ3) is 2.71. The van der Waals surface area contributed by atoms with Crippen molar-refractivity contribution in [3.63, 3.8) is 0 Å². The van der Waals surface area contributed by atoms with Gasteiger partial charge in [-0.05, 0) is 18.8 Å². The molecule has 6 nitrogen and oxygen atoms in total. The van der Waals surface area contributed by atoms with Crippen LogP contribution >= 0.6 is 0 Å². The standard InChI is InChI=1S/C11H16N4O2/c1-15(6-7-2-8(16)3-7)11(17)9-4-14-10(12)5-13-9/h4-5,7-8,16H,2-3,6H2,1H3,(H2,12,14). The normalized spacial score (nSPS) is 22.9. The van der Waals surface area contributed by atoms with Crippen molar-refractivity contribution in [2.24, 2.45) is 5.92 Å². The summed E-state index contributed by atoms with van der Waals surface area (Å²) in [6.07, 6.45) is 4.09. The Kier molecular flexibility index (Phi) is 3.23. The third-order valence-corrected chi connectivity index (χ3v) is 2.98. The summed E-state index contributed by atoms with van der Waals surface area (Å²) in [5, 5.41) is 9.18. The van der Waals surface area contributed by atoms with Gasteiger partial charge in [0.2, 0.25) is 0 Å². The minimum absolute atomic E-state index is 0.168. The van der Waals surface area contributed by atoms with Crippen molar-refractivity contribution < 1.29 is 9.90 Å². The van der Waals surface area contributed by atoms with Crippen LogP contribution < -0.4 is 5.73 Å². The summed E-state index contributed by atoms with van der Waals surface area (Å²) in [5.74, 6) is 0.519. The number of aromatic nitrogens is 2. The molecule has 1 aliphatic carbocycles. The number of hydrogen-bond donors (Lipinski definition) is 2. The molecular weight excluding hydrogens is 220 g/mol. The van der Waals surface area contributed by atoms with Gasteiger partial charge in [0.25, 0.3) is 5.91 Å². The fourth-order valence-corrected chi connectivity index (χ4v) is 1.96. The second kappa shape index (κ2) is 4.67. The van der Waals surface area contributed by atoms with Crippen molar-refractivity contribution in [3.8, 4) is 0 Å². The zero-order chi connectivity index (χ0) is 12.4. The first kappa shape index (κ1) is 11.8. The summed E-state index contributed by atoms with van der Waals surface area (Å²) in [6, 6.07) is 0. The largest absolute Gasteiger partial charge is 0.393 e. The van der Waals surface area contributed by atoms with Crippen LogP contribution in [-0.2, 0) is 0 Å². The highest BCUT2D eigenvalue weighted by Crippen LogP contribution is 2.27. The van der Waals surface area contributed by atoms with Gasteiger partial charge in [-0.1, -0.05) is 0 Å². The van der Waals surface area contributed by atoms with Gasteiger partial charge in [0.1, 0.15) is 11.5 Å². The maximum atomic E-state index is 11.9. The lowest BCUT2D eigenvalue weighted by molar-refractivity contribution is 0.0264. The minimum Gasteiger partial charge on any atom is -0.393 e. The topological polar surface area (TPSA) is 92.3 Å². The SMILES string of the molecule is CN(CC1CC(O)C1)C(=O)c1cnc(N)cn1. The Morgan fingerprint density at radius 2 is 2.24 bits per heavy atom. The summed E-state index contributed by atoms with van der Waals surface area (Å²) in [4.78, 5) is 21.3. The molecule has 1 heterocycles. The number of nitrogens with zero attached hydrogens (tertiary/aromatic N) is 3. The van der Waals surface area contributed by atoms with Crippen LogP contribution in [0, 0.1) is 5.92 Å². The predicted molar refractivity (Wildman–Crippen MR) is 62.1 cm³/mol. The molecule has 2 rings (SSSR count). The fourth-order valence-electron chi connectivity index (χ4n) is 1.96. The van der Waals surface area contributed by atoms with Crippen LogP contribution in [0.5, 0.6) is 0 Å².